The Morgan fingerprint density at radius 2 is 2.25 bits per heavy atom. The normalized spacial score (nSPS) is 23.8. The summed E-state index contributed by atoms with van der Waals surface area (Å²) in [4.78, 5) is 0. The van der Waals surface area contributed by atoms with E-state index in [0.717, 1.165) is 25.1 Å². The predicted octanol–water partition coefficient (Wildman–Crippen LogP) is 3.03. The van der Waals surface area contributed by atoms with Crippen molar-refractivity contribution in [1.29, 1.82) is 0 Å². The number of hydrogen-bond acceptors (Lipinski definition) is 3. The van der Waals surface area contributed by atoms with E-state index in [0.29, 0.717) is 18.1 Å². The van der Waals surface area contributed by atoms with E-state index < -0.39 is 0 Å². The third-order valence-corrected chi connectivity index (χ3v) is 4.07. The maximum atomic E-state index is 5.97. The number of nitrogens with one attached hydrogen (secondary N) is 1. The second-order valence-corrected chi connectivity index (χ2v) is 5.86. The molecule has 1 N–H and O–H groups in total. The van der Waals surface area contributed by atoms with Crippen LogP contribution < -0.4 is 10.1 Å². The zero-order valence-corrected chi connectivity index (χ0v) is 12.9. The standard InChI is InChI=1S/C17H27NO2/c1-13-7-8-17(20-13)11-15(12-18-2)9-14-5-4-6-16(10-14)19-3/h4-6,10,13,15,17-18H,7-9,11-12H2,1-3H3. The maximum Gasteiger partial charge on any atom is 0.119 e. The van der Waals surface area contributed by atoms with Crippen molar-refractivity contribution in [2.24, 2.45) is 5.92 Å². The van der Waals surface area contributed by atoms with Gasteiger partial charge in [0.15, 0.2) is 0 Å². The lowest BCUT2D eigenvalue weighted by Gasteiger charge is -2.21. The third kappa shape index (κ3) is 4.50. The van der Waals surface area contributed by atoms with Crippen LogP contribution >= 0.6 is 0 Å². The van der Waals surface area contributed by atoms with Crippen LogP contribution in [-0.2, 0) is 11.2 Å². The zero-order chi connectivity index (χ0) is 14.4. The molecule has 3 nitrogen and oxygen atoms in total. The fourth-order valence-corrected chi connectivity index (χ4v) is 3.09. The van der Waals surface area contributed by atoms with Crippen LogP contribution in [0.1, 0.15) is 31.7 Å². The van der Waals surface area contributed by atoms with Gasteiger partial charge in [-0.2, -0.15) is 0 Å². The number of rotatable bonds is 7. The van der Waals surface area contributed by atoms with Crippen LogP contribution in [-0.4, -0.2) is 32.9 Å². The highest BCUT2D eigenvalue weighted by atomic mass is 16.5. The smallest absolute Gasteiger partial charge is 0.119 e. The van der Waals surface area contributed by atoms with Crippen LogP contribution in [0.15, 0.2) is 24.3 Å². The lowest BCUT2D eigenvalue weighted by Crippen LogP contribution is -2.25. The van der Waals surface area contributed by atoms with Gasteiger partial charge in [0.1, 0.15) is 5.75 Å². The molecule has 1 aromatic rings. The molecule has 0 saturated carbocycles. The highest BCUT2D eigenvalue weighted by Crippen LogP contribution is 2.26. The Balaban J connectivity index is 1.93. The molecule has 3 atom stereocenters. The van der Waals surface area contributed by atoms with Crippen molar-refractivity contribution < 1.29 is 9.47 Å². The lowest BCUT2D eigenvalue weighted by atomic mass is 9.92. The Kier molecular flexibility index (Phi) is 5.86. The fourth-order valence-electron chi connectivity index (χ4n) is 3.09. The number of ether oxygens (including phenoxy) is 2. The van der Waals surface area contributed by atoms with Gasteiger partial charge in [-0.05, 0) is 69.8 Å². The molecular formula is C17H27NO2. The summed E-state index contributed by atoms with van der Waals surface area (Å²) in [7, 11) is 3.74. The molecule has 1 heterocycles. The van der Waals surface area contributed by atoms with E-state index in [1.54, 1.807) is 7.11 Å². The van der Waals surface area contributed by atoms with E-state index in [9.17, 15) is 0 Å². The first kappa shape index (κ1) is 15.3. The Morgan fingerprint density at radius 3 is 2.90 bits per heavy atom. The molecule has 0 bridgehead atoms. The molecular weight excluding hydrogens is 250 g/mol. The summed E-state index contributed by atoms with van der Waals surface area (Å²) in [5, 5.41) is 3.32. The molecule has 0 spiro atoms. The summed E-state index contributed by atoms with van der Waals surface area (Å²) < 4.78 is 11.3. The summed E-state index contributed by atoms with van der Waals surface area (Å²) >= 11 is 0. The van der Waals surface area contributed by atoms with Crippen molar-refractivity contribution in [3.63, 3.8) is 0 Å². The number of methoxy groups -OCH3 is 1. The van der Waals surface area contributed by atoms with Gasteiger partial charge in [-0.25, -0.2) is 0 Å². The van der Waals surface area contributed by atoms with Crippen molar-refractivity contribution in [2.75, 3.05) is 20.7 Å². The summed E-state index contributed by atoms with van der Waals surface area (Å²) in [5.41, 5.74) is 1.34. The summed E-state index contributed by atoms with van der Waals surface area (Å²) in [6.45, 7) is 3.21. The lowest BCUT2D eigenvalue weighted by molar-refractivity contribution is 0.0409. The number of hydrogen-bond donors (Lipinski definition) is 1. The Labute approximate surface area is 122 Å². The molecule has 3 heteroatoms. The van der Waals surface area contributed by atoms with Crippen LogP contribution in [0.3, 0.4) is 0 Å². The van der Waals surface area contributed by atoms with Crippen LogP contribution in [0.25, 0.3) is 0 Å². The van der Waals surface area contributed by atoms with Crippen LogP contribution in [0, 0.1) is 5.92 Å². The van der Waals surface area contributed by atoms with Crippen molar-refractivity contribution in [1.82, 2.24) is 5.32 Å². The monoisotopic (exact) mass is 277 g/mol. The van der Waals surface area contributed by atoms with Gasteiger partial charge in [0.25, 0.3) is 0 Å². The summed E-state index contributed by atoms with van der Waals surface area (Å²) in [6.07, 6.45) is 5.51. The van der Waals surface area contributed by atoms with Gasteiger partial charge in [0.05, 0.1) is 19.3 Å². The molecule has 0 aromatic heterocycles. The fraction of sp³-hybridized carbons (Fsp3) is 0.647. The van der Waals surface area contributed by atoms with Gasteiger partial charge in [0.2, 0.25) is 0 Å². The topological polar surface area (TPSA) is 30.5 Å². The van der Waals surface area contributed by atoms with E-state index in [1.165, 1.54) is 18.4 Å². The van der Waals surface area contributed by atoms with Gasteiger partial charge in [-0.3, -0.25) is 0 Å². The first-order valence-electron chi connectivity index (χ1n) is 7.64. The molecule has 1 aromatic carbocycles. The Hall–Kier alpha value is -1.06. The summed E-state index contributed by atoms with van der Waals surface area (Å²) in [6, 6.07) is 8.39. The molecule has 1 aliphatic rings. The van der Waals surface area contributed by atoms with Gasteiger partial charge < -0.3 is 14.8 Å². The van der Waals surface area contributed by atoms with E-state index in [2.05, 4.69) is 30.4 Å². The molecule has 0 radical (unpaired) electrons. The largest absolute Gasteiger partial charge is 0.497 e. The minimum Gasteiger partial charge on any atom is -0.497 e. The first-order valence-corrected chi connectivity index (χ1v) is 7.64. The molecule has 112 valence electrons. The molecule has 2 rings (SSSR count). The van der Waals surface area contributed by atoms with E-state index >= 15 is 0 Å². The van der Waals surface area contributed by atoms with Crippen molar-refractivity contribution in [3.8, 4) is 5.75 Å². The van der Waals surface area contributed by atoms with Crippen LogP contribution in [0.5, 0.6) is 5.75 Å². The summed E-state index contributed by atoms with van der Waals surface area (Å²) in [5.74, 6) is 1.55. The van der Waals surface area contributed by atoms with E-state index in [1.807, 2.05) is 13.1 Å². The average Bonchev–Trinajstić information content (AvgIpc) is 2.84. The second-order valence-electron chi connectivity index (χ2n) is 5.86. The minimum absolute atomic E-state index is 0.437. The highest BCUT2D eigenvalue weighted by molar-refractivity contribution is 5.28. The molecule has 3 unspecified atom stereocenters. The molecule has 0 amide bonds. The Morgan fingerprint density at radius 1 is 1.40 bits per heavy atom. The molecule has 1 aliphatic heterocycles. The van der Waals surface area contributed by atoms with Crippen molar-refractivity contribution >= 4 is 0 Å². The molecule has 1 saturated heterocycles. The predicted molar refractivity (Wildman–Crippen MR) is 82.3 cm³/mol. The van der Waals surface area contributed by atoms with Crippen LogP contribution in [0.4, 0.5) is 0 Å². The highest BCUT2D eigenvalue weighted by Gasteiger charge is 2.24. The molecule has 0 aliphatic carbocycles. The van der Waals surface area contributed by atoms with Crippen molar-refractivity contribution in [2.45, 2.75) is 44.8 Å². The van der Waals surface area contributed by atoms with Gasteiger partial charge in [-0.15, -0.1) is 0 Å². The third-order valence-electron chi connectivity index (χ3n) is 4.07. The van der Waals surface area contributed by atoms with Crippen LogP contribution in [0.2, 0.25) is 0 Å². The first-order chi connectivity index (χ1) is 9.71. The maximum absolute atomic E-state index is 5.97. The van der Waals surface area contributed by atoms with Crippen molar-refractivity contribution in [3.05, 3.63) is 29.8 Å². The molecule has 20 heavy (non-hydrogen) atoms. The zero-order valence-electron chi connectivity index (χ0n) is 12.9. The number of benzene rings is 1. The SMILES string of the molecule is CNCC(Cc1cccc(OC)c1)CC1CCC(C)O1. The van der Waals surface area contributed by atoms with Gasteiger partial charge >= 0.3 is 0 Å². The average molecular weight is 277 g/mol. The molecule has 1 fully saturated rings. The minimum atomic E-state index is 0.437. The van der Waals surface area contributed by atoms with Gasteiger partial charge in [0, 0.05) is 0 Å². The second kappa shape index (κ2) is 7.65. The van der Waals surface area contributed by atoms with Gasteiger partial charge in [-0.1, -0.05) is 12.1 Å². The Bertz CT molecular complexity index is 408. The quantitative estimate of drug-likeness (QED) is 0.831. The van der Waals surface area contributed by atoms with E-state index in [-0.39, 0.29) is 0 Å². The van der Waals surface area contributed by atoms with E-state index in [4.69, 9.17) is 9.47 Å².